The van der Waals surface area contributed by atoms with E-state index in [-0.39, 0.29) is 17.7 Å². The first-order valence-corrected chi connectivity index (χ1v) is 6.44. The Morgan fingerprint density at radius 1 is 1.29 bits per heavy atom. The second-order valence-corrected chi connectivity index (χ2v) is 4.97. The van der Waals surface area contributed by atoms with Gasteiger partial charge in [-0.05, 0) is 25.5 Å². The number of carbonyl (C=O) groups excluding carboxylic acids is 1. The smallest absolute Gasteiger partial charge is 0.336 e. The van der Waals surface area contributed by atoms with Crippen LogP contribution in [-0.2, 0) is 4.74 Å². The minimum Gasteiger partial charge on any atom is -0.478 e. The number of carboxylic acid groups (broad SMARTS) is 1. The van der Waals surface area contributed by atoms with Crippen LogP contribution in [0.2, 0.25) is 0 Å². The molecule has 1 aliphatic rings. The number of carbonyl (C=O) groups is 2. The summed E-state index contributed by atoms with van der Waals surface area (Å²) >= 11 is 0. The van der Waals surface area contributed by atoms with E-state index >= 15 is 0 Å². The maximum atomic E-state index is 13.3. The number of hydrogen-bond acceptors (Lipinski definition) is 3. The second kappa shape index (κ2) is 5.77. The molecule has 1 aliphatic heterocycles. The fraction of sp³-hybridized carbons (Fsp3) is 0.429. The zero-order valence-electron chi connectivity index (χ0n) is 11.6. The molecule has 0 saturated carbocycles. The topological polar surface area (TPSA) is 66.8 Å². The Balaban J connectivity index is 2.38. The van der Waals surface area contributed by atoms with Gasteiger partial charge in [0, 0.05) is 13.7 Å². The molecule has 1 amide bonds. The highest BCUT2D eigenvalue weighted by Crippen LogP contribution is 2.22. The fourth-order valence-electron chi connectivity index (χ4n) is 2.47. The van der Waals surface area contributed by atoms with Gasteiger partial charge in [-0.2, -0.15) is 0 Å². The number of aromatic carboxylic acids is 1. The molecule has 2 unspecified atom stereocenters. The summed E-state index contributed by atoms with van der Waals surface area (Å²) in [4.78, 5) is 24.8. The van der Waals surface area contributed by atoms with Crippen LogP contribution in [0.15, 0.2) is 12.1 Å². The fourth-order valence-corrected chi connectivity index (χ4v) is 2.47. The maximum Gasteiger partial charge on any atom is 0.336 e. The van der Waals surface area contributed by atoms with Crippen molar-refractivity contribution in [2.24, 2.45) is 0 Å². The van der Waals surface area contributed by atoms with E-state index in [1.165, 1.54) is 11.9 Å². The van der Waals surface area contributed by atoms with Crippen molar-refractivity contribution in [3.05, 3.63) is 34.9 Å². The Morgan fingerprint density at radius 2 is 1.86 bits per heavy atom. The predicted octanol–water partition coefficient (Wildman–Crippen LogP) is 1.91. The highest BCUT2D eigenvalue weighted by atomic mass is 19.2. The van der Waals surface area contributed by atoms with Crippen LogP contribution < -0.4 is 0 Å². The molecule has 1 fully saturated rings. The molecule has 1 aromatic rings. The number of likely N-dealkylation sites (N-methyl/N-ethyl adjacent to an activating group) is 1. The Morgan fingerprint density at radius 3 is 2.33 bits per heavy atom. The van der Waals surface area contributed by atoms with Crippen LogP contribution in [0.3, 0.4) is 0 Å². The van der Waals surface area contributed by atoms with Crippen LogP contribution in [-0.4, -0.2) is 47.7 Å². The lowest BCUT2D eigenvalue weighted by atomic mass is 10.0. The van der Waals surface area contributed by atoms with Gasteiger partial charge in [-0.1, -0.05) is 0 Å². The van der Waals surface area contributed by atoms with Gasteiger partial charge in [0.15, 0.2) is 11.6 Å². The highest BCUT2D eigenvalue weighted by molar-refractivity contribution is 6.04. The van der Waals surface area contributed by atoms with E-state index in [1.807, 2.05) is 0 Å². The molecular weight excluding hydrogens is 284 g/mol. The lowest BCUT2D eigenvalue weighted by Gasteiger charge is -2.27. The summed E-state index contributed by atoms with van der Waals surface area (Å²) in [6, 6.07) is 0.915. The molecule has 0 spiro atoms. The monoisotopic (exact) mass is 299 g/mol. The largest absolute Gasteiger partial charge is 0.478 e. The lowest BCUT2D eigenvalue weighted by Crippen LogP contribution is -2.41. The van der Waals surface area contributed by atoms with E-state index in [4.69, 9.17) is 9.84 Å². The van der Waals surface area contributed by atoms with Gasteiger partial charge in [0.25, 0.3) is 5.91 Å². The van der Waals surface area contributed by atoms with E-state index in [0.29, 0.717) is 25.2 Å². The van der Waals surface area contributed by atoms with Gasteiger partial charge in [-0.3, -0.25) is 4.79 Å². The average Bonchev–Trinajstić information content (AvgIpc) is 2.85. The van der Waals surface area contributed by atoms with Crippen molar-refractivity contribution in [1.29, 1.82) is 0 Å². The van der Waals surface area contributed by atoms with Gasteiger partial charge in [-0.15, -0.1) is 0 Å². The van der Waals surface area contributed by atoms with Gasteiger partial charge in [0.1, 0.15) is 0 Å². The number of ether oxygens (including phenoxy) is 1. The van der Waals surface area contributed by atoms with Gasteiger partial charge in [0.05, 0.1) is 23.3 Å². The number of amides is 1. The zero-order chi connectivity index (χ0) is 15.7. The number of hydrogen-bond donors (Lipinski definition) is 1. The van der Waals surface area contributed by atoms with Crippen molar-refractivity contribution in [3.8, 4) is 0 Å². The number of nitrogens with zero attached hydrogens (tertiary/aromatic N) is 1. The summed E-state index contributed by atoms with van der Waals surface area (Å²) in [6.45, 7) is 2.29. The van der Waals surface area contributed by atoms with E-state index in [9.17, 15) is 18.4 Å². The van der Waals surface area contributed by atoms with Crippen molar-refractivity contribution in [1.82, 2.24) is 4.90 Å². The molecule has 21 heavy (non-hydrogen) atoms. The molecule has 114 valence electrons. The summed E-state index contributed by atoms with van der Waals surface area (Å²) in [5.41, 5.74) is -0.930. The molecule has 5 nitrogen and oxygen atoms in total. The number of halogens is 2. The second-order valence-electron chi connectivity index (χ2n) is 4.97. The first kappa shape index (κ1) is 15.4. The summed E-state index contributed by atoms with van der Waals surface area (Å²) in [7, 11) is 1.49. The first-order chi connectivity index (χ1) is 9.82. The van der Waals surface area contributed by atoms with Gasteiger partial charge in [-0.25, -0.2) is 13.6 Å². The summed E-state index contributed by atoms with van der Waals surface area (Å²) in [6.07, 6.45) is 0.410. The minimum absolute atomic E-state index is 0.197. The molecule has 1 aromatic carbocycles. The van der Waals surface area contributed by atoms with Crippen LogP contribution >= 0.6 is 0 Å². The zero-order valence-corrected chi connectivity index (χ0v) is 11.6. The average molecular weight is 299 g/mol. The molecule has 0 aliphatic carbocycles. The number of benzene rings is 1. The summed E-state index contributed by atoms with van der Waals surface area (Å²) < 4.78 is 31.8. The Labute approximate surface area is 120 Å². The third-order valence-corrected chi connectivity index (χ3v) is 3.68. The molecule has 7 heteroatoms. The molecule has 2 rings (SSSR count). The van der Waals surface area contributed by atoms with Gasteiger partial charge >= 0.3 is 5.97 Å². The molecule has 0 aromatic heterocycles. The maximum absolute atomic E-state index is 13.3. The van der Waals surface area contributed by atoms with Crippen LogP contribution in [0.1, 0.15) is 34.1 Å². The van der Waals surface area contributed by atoms with Crippen LogP contribution in [0, 0.1) is 11.6 Å². The van der Waals surface area contributed by atoms with Crippen molar-refractivity contribution in [2.45, 2.75) is 25.5 Å². The quantitative estimate of drug-likeness (QED) is 0.926. The standard InChI is InChI=1S/C14H15F2NO4/c1-7-12(3-4-21-7)17(2)13(18)8-5-10(15)11(16)6-9(8)14(19)20/h5-7,12H,3-4H2,1-2H3,(H,19,20). The van der Waals surface area contributed by atoms with Gasteiger partial charge < -0.3 is 14.7 Å². The molecule has 1 heterocycles. The molecule has 0 radical (unpaired) electrons. The van der Waals surface area contributed by atoms with Crippen molar-refractivity contribution >= 4 is 11.9 Å². The third kappa shape index (κ3) is 2.87. The molecule has 0 bridgehead atoms. The van der Waals surface area contributed by atoms with E-state index in [0.717, 1.165) is 0 Å². The van der Waals surface area contributed by atoms with E-state index in [2.05, 4.69) is 0 Å². The molecule has 1 saturated heterocycles. The van der Waals surface area contributed by atoms with Crippen LogP contribution in [0.4, 0.5) is 8.78 Å². The van der Waals surface area contributed by atoms with Crippen LogP contribution in [0.5, 0.6) is 0 Å². The molecule has 2 atom stereocenters. The third-order valence-electron chi connectivity index (χ3n) is 3.68. The van der Waals surface area contributed by atoms with Crippen LogP contribution in [0.25, 0.3) is 0 Å². The molecular formula is C14H15F2NO4. The Kier molecular flexibility index (Phi) is 4.22. The minimum atomic E-state index is -1.48. The number of carboxylic acids is 1. The lowest BCUT2D eigenvalue weighted by molar-refractivity contribution is 0.0564. The number of rotatable bonds is 3. The van der Waals surface area contributed by atoms with Crippen molar-refractivity contribution in [2.75, 3.05) is 13.7 Å². The van der Waals surface area contributed by atoms with Gasteiger partial charge in [0.2, 0.25) is 0 Å². The summed E-state index contributed by atoms with van der Waals surface area (Å²) in [5, 5.41) is 9.04. The Bertz CT molecular complexity index is 591. The Hall–Kier alpha value is -2.02. The van der Waals surface area contributed by atoms with E-state index in [1.54, 1.807) is 6.92 Å². The van der Waals surface area contributed by atoms with Crippen molar-refractivity contribution < 1.29 is 28.2 Å². The summed E-state index contributed by atoms with van der Waals surface area (Å²) in [5.74, 6) is -4.72. The molecule has 1 N–H and O–H groups in total. The normalized spacial score (nSPS) is 21.3. The predicted molar refractivity (Wildman–Crippen MR) is 69.2 cm³/mol. The SMILES string of the molecule is CC1OCCC1N(C)C(=O)c1cc(F)c(F)cc1C(=O)O. The highest BCUT2D eigenvalue weighted by Gasteiger charge is 2.33. The van der Waals surface area contributed by atoms with Crippen molar-refractivity contribution in [3.63, 3.8) is 0 Å². The van der Waals surface area contributed by atoms with E-state index < -0.39 is 29.1 Å². The first-order valence-electron chi connectivity index (χ1n) is 6.44.